The summed E-state index contributed by atoms with van der Waals surface area (Å²) in [7, 11) is 0. The summed E-state index contributed by atoms with van der Waals surface area (Å²) in [6.45, 7) is 6.24. The molecule has 0 bridgehead atoms. The summed E-state index contributed by atoms with van der Waals surface area (Å²) < 4.78 is 1.08. The minimum Gasteiger partial charge on any atom is -0.508 e. The van der Waals surface area contributed by atoms with E-state index in [0.29, 0.717) is 5.75 Å². The summed E-state index contributed by atoms with van der Waals surface area (Å²) in [4.78, 5) is 0. The maximum atomic E-state index is 9.99. The van der Waals surface area contributed by atoms with Gasteiger partial charge in [-0.2, -0.15) is 0 Å². The van der Waals surface area contributed by atoms with Crippen molar-refractivity contribution in [3.8, 4) is 5.75 Å². The second-order valence-electron chi connectivity index (χ2n) is 5.23. The standard InChI is InChI=1S/C17H20BrNO/c1-11-7-8-17(20)16(9-11)13(3)19-12(2)14-5-4-6-15(18)10-14/h4-10,12-13,19-20H,1-3H3. The highest BCUT2D eigenvalue weighted by Gasteiger charge is 2.14. The maximum Gasteiger partial charge on any atom is 0.120 e. The van der Waals surface area contributed by atoms with E-state index in [4.69, 9.17) is 0 Å². The summed E-state index contributed by atoms with van der Waals surface area (Å²) >= 11 is 3.49. The molecule has 2 N–H and O–H groups in total. The Bertz CT molecular complexity index is 597. The van der Waals surface area contributed by atoms with Crippen LogP contribution in [0.5, 0.6) is 5.75 Å². The van der Waals surface area contributed by atoms with Gasteiger partial charge in [-0.3, -0.25) is 0 Å². The van der Waals surface area contributed by atoms with Crippen molar-refractivity contribution in [1.82, 2.24) is 5.32 Å². The first-order valence-corrected chi connectivity index (χ1v) is 7.57. The van der Waals surface area contributed by atoms with Crippen LogP contribution in [0.4, 0.5) is 0 Å². The van der Waals surface area contributed by atoms with E-state index in [2.05, 4.69) is 47.2 Å². The molecule has 0 aliphatic rings. The lowest BCUT2D eigenvalue weighted by Gasteiger charge is -2.22. The quantitative estimate of drug-likeness (QED) is 0.836. The molecule has 0 saturated heterocycles. The Morgan fingerprint density at radius 1 is 1.05 bits per heavy atom. The number of hydrogen-bond acceptors (Lipinski definition) is 2. The number of rotatable bonds is 4. The lowest BCUT2D eigenvalue weighted by Crippen LogP contribution is -2.22. The Morgan fingerprint density at radius 2 is 1.80 bits per heavy atom. The molecule has 2 aromatic carbocycles. The fourth-order valence-corrected chi connectivity index (χ4v) is 2.77. The third kappa shape index (κ3) is 3.62. The van der Waals surface area contributed by atoms with Crippen molar-refractivity contribution in [3.05, 3.63) is 63.6 Å². The molecule has 0 aliphatic carbocycles. The second kappa shape index (κ2) is 6.42. The smallest absolute Gasteiger partial charge is 0.120 e. The van der Waals surface area contributed by atoms with Crippen LogP contribution in [-0.4, -0.2) is 5.11 Å². The zero-order chi connectivity index (χ0) is 14.7. The lowest BCUT2D eigenvalue weighted by molar-refractivity contribution is 0.438. The highest BCUT2D eigenvalue weighted by molar-refractivity contribution is 9.10. The number of halogens is 1. The summed E-state index contributed by atoms with van der Waals surface area (Å²) in [5, 5.41) is 13.5. The number of hydrogen-bond donors (Lipinski definition) is 2. The summed E-state index contributed by atoms with van der Waals surface area (Å²) in [6, 6.07) is 14.3. The van der Waals surface area contributed by atoms with Crippen molar-refractivity contribution < 1.29 is 5.11 Å². The molecular formula is C17H20BrNO. The average molecular weight is 334 g/mol. The Morgan fingerprint density at radius 3 is 2.50 bits per heavy atom. The molecule has 0 aliphatic heterocycles. The highest BCUT2D eigenvalue weighted by Crippen LogP contribution is 2.27. The van der Waals surface area contributed by atoms with E-state index in [1.54, 1.807) is 6.07 Å². The van der Waals surface area contributed by atoms with E-state index in [1.807, 2.05) is 31.2 Å². The van der Waals surface area contributed by atoms with Gasteiger partial charge in [0.25, 0.3) is 0 Å². The Kier molecular flexibility index (Phi) is 4.84. The molecule has 0 heterocycles. The van der Waals surface area contributed by atoms with Crippen LogP contribution in [-0.2, 0) is 0 Å². The minimum atomic E-state index is 0.0869. The molecule has 2 unspecified atom stereocenters. The molecule has 0 fully saturated rings. The Balaban J connectivity index is 2.15. The van der Waals surface area contributed by atoms with Crippen molar-refractivity contribution in [2.75, 3.05) is 0 Å². The third-order valence-electron chi connectivity index (χ3n) is 3.50. The zero-order valence-electron chi connectivity index (χ0n) is 12.0. The van der Waals surface area contributed by atoms with Gasteiger partial charge in [0, 0.05) is 22.1 Å². The Hall–Kier alpha value is -1.32. The third-order valence-corrected chi connectivity index (χ3v) is 3.99. The highest BCUT2D eigenvalue weighted by atomic mass is 79.9. The van der Waals surface area contributed by atoms with E-state index in [-0.39, 0.29) is 12.1 Å². The number of benzene rings is 2. The van der Waals surface area contributed by atoms with Gasteiger partial charge in [0.2, 0.25) is 0 Å². The molecule has 0 aromatic heterocycles. The number of nitrogens with one attached hydrogen (secondary N) is 1. The fourth-order valence-electron chi connectivity index (χ4n) is 2.36. The monoisotopic (exact) mass is 333 g/mol. The van der Waals surface area contributed by atoms with Crippen LogP contribution in [0.25, 0.3) is 0 Å². The van der Waals surface area contributed by atoms with Gasteiger partial charge in [-0.15, -0.1) is 0 Å². The number of phenols is 1. The maximum absolute atomic E-state index is 9.99. The molecule has 2 rings (SSSR count). The number of aromatic hydroxyl groups is 1. The first-order valence-electron chi connectivity index (χ1n) is 6.78. The van der Waals surface area contributed by atoms with Crippen molar-refractivity contribution in [2.45, 2.75) is 32.9 Å². The summed E-state index contributed by atoms with van der Waals surface area (Å²) in [5.74, 6) is 0.344. The van der Waals surface area contributed by atoms with Gasteiger partial charge in [0.05, 0.1) is 0 Å². The van der Waals surface area contributed by atoms with Crippen molar-refractivity contribution >= 4 is 15.9 Å². The molecule has 20 heavy (non-hydrogen) atoms. The molecule has 3 heteroatoms. The first kappa shape index (κ1) is 15.1. The Labute approximate surface area is 129 Å². The van der Waals surface area contributed by atoms with Gasteiger partial charge in [-0.05, 0) is 44.5 Å². The number of aryl methyl sites for hydroxylation is 1. The van der Waals surface area contributed by atoms with Gasteiger partial charge in [-0.25, -0.2) is 0 Å². The van der Waals surface area contributed by atoms with Crippen LogP contribution in [0.3, 0.4) is 0 Å². The second-order valence-corrected chi connectivity index (χ2v) is 6.14. The van der Waals surface area contributed by atoms with Crippen LogP contribution in [0, 0.1) is 6.92 Å². The largest absolute Gasteiger partial charge is 0.508 e. The van der Waals surface area contributed by atoms with Gasteiger partial charge < -0.3 is 10.4 Å². The molecule has 0 spiro atoms. The molecule has 2 atom stereocenters. The predicted octanol–water partition coefficient (Wildman–Crippen LogP) is 4.87. The molecule has 0 saturated carbocycles. The molecule has 2 aromatic rings. The van der Waals surface area contributed by atoms with Gasteiger partial charge in [0.15, 0.2) is 0 Å². The van der Waals surface area contributed by atoms with Gasteiger partial charge >= 0.3 is 0 Å². The van der Waals surface area contributed by atoms with Crippen LogP contribution in [0.15, 0.2) is 46.9 Å². The van der Waals surface area contributed by atoms with Crippen LogP contribution >= 0.6 is 15.9 Å². The predicted molar refractivity (Wildman–Crippen MR) is 87.0 cm³/mol. The molecule has 0 amide bonds. The SMILES string of the molecule is Cc1ccc(O)c(C(C)NC(C)c2cccc(Br)c2)c1. The van der Waals surface area contributed by atoms with Gasteiger partial charge in [-0.1, -0.05) is 45.8 Å². The molecule has 106 valence electrons. The van der Waals surface area contributed by atoms with E-state index >= 15 is 0 Å². The molecule has 0 radical (unpaired) electrons. The van der Waals surface area contributed by atoms with E-state index in [1.165, 1.54) is 5.56 Å². The van der Waals surface area contributed by atoms with Crippen LogP contribution < -0.4 is 5.32 Å². The van der Waals surface area contributed by atoms with Crippen LogP contribution in [0.1, 0.15) is 42.6 Å². The van der Waals surface area contributed by atoms with Crippen molar-refractivity contribution in [2.24, 2.45) is 0 Å². The topological polar surface area (TPSA) is 32.3 Å². The normalized spacial score (nSPS) is 14.0. The zero-order valence-corrected chi connectivity index (χ0v) is 13.6. The molecule has 2 nitrogen and oxygen atoms in total. The van der Waals surface area contributed by atoms with E-state index < -0.39 is 0 Å². The van der Waals surface area contributed by atoms with Crippen molar-refractivity contribution in [1.29, 1.82) is 0 Å². The molecular weight excluding hydrogens is 314 g/mol. The average Bonchev–Trinajstić information content (AvgIpc) is 2.41. The number of phenolic OH excluding ortho intramolecular Hbond substituents is 1. The first-order chi connectivity index (χ1) is 9.47. The van der Waals surface area contributed by atoms with E-state index in [0.717, 1.165) is 15.6 Å². The van der Waals surface area contributed by atoms with E-state index in [9.17, 15) is 5.11 Å². The van der Waals surface area contributed by atoms with Crippen molar-refractivity contribution in [3.63, 3.8) is 0 Å². The lowest BCUT2D eigenvalue weighted by atomic mass is 10.0. The minimum absolute atomic E-state index is 0.0869. The fraction of sp³-hybridized carbons (Fsp3) is 0.294. The summed E-state index contributed by atoms with van der Waals surface area (Å²) in [5.41, 5.74) is 3.31. The van der Waals surface area contributed by atoms with Gasteiger partial charge in [0.1, 0.15) is 5.75 Å². The summed E-state index contributed by atoms with van der Waals surface area (Å²) in [6.07, 6.45) is 0. The van der Waals surface area contributed by atoms with Crippen LogP contribution in [0.2, 0.25) is 0 Å².